The first-order valence-electron chi connectivity index (χ1n) is 7.67. The molecule has 0 radical (unpaired) electrons. The Balaban J connectivity index is 2.29. The number of hydrogen-bond donors (Lipinski definition) is 1. The van der Waals surface area contributed by atoms with Crippen molar-refractivity contribution in [2.45, 2.75) is 50.7 Å². The van der Waals surface area contributed by atoms with E-state index in [1.54, 1.807) is 12.1 Å². The predicted octanol–water partition coefficient (Wildman–Crippen LogP) is 2.47. The molecule has 0 saturated carbocycles. The molecule has 3 rings (SSSR count). The van der Waals surface area contributed by atoms with Crippen LogP contribution in [0.2, 0.25) is 0 Å². The Hall–Kier alpha value is -1.40. The Labute approximate surface area is 130 Å². The van der Waals surface area contributed by atoms with Crippen LogP contribution in [0.15, 0.2) is 17.0 Å². The third kappa shape index (κ3) is 2.44. The lowest BCUT2D eigenvalue weighted by Crippen LogP contribution is -2.19. The molecule has 1 aliphatic heterocycles. The first-order valence-corrected chi connectivity index (χ1v) is 9.56. The number of sulfone groups is 1. The molecule has 1 atom stereocenters. The van der Waals surface area contributed by atoms with Crippen molar-refractivity contribution in [3.05, 3.63) is 23.5 Å². The van der Waals surface area contributed by atoms with Crippen molar-refractivity contribution in [1.82, 2.24) is 9.55 Å². The van der Waals surface area contributed by atoms with Gasteiger partial charge in [0.25, 0.3) is 0 Å². The highest BCUT2D eigenvalue weighted by molar-refractivity contribution is 7.90. The molecule has 1 N–H and O–H groups in total. The monoisotopic (exact) mass is 322 g/mol. The van der Waals surface area contributed by atoms with Gasteiger partial charge >= 0.3 is 0 Å². The fraction of sp³-hybridized carbons (Fsp3) is 0.562. The number of aryl methyl sites for hydroxylation is 1. The summed E-state index contributed by atoms with van der Waals surface area (Å²) in [6.07, 6.45) is 3.38. The molecule has 0 amide bonds. The SMILES string of the molecule is CC(C)[C@H]1CCCn2c1nc1cc(CO)c(S(C)(=O)=O)cc12. The second-order valence-electron chi connectivity index (χ2n) is 6.49. The Morgan fingerprint density at radius 1 is 1.41 bits per heavy atom. The smallest absolute Gasteiger partial charge is 0.175 e. The molecule has 0 saturated heterocycles. The number of aliphatic hydroxyl groups is 1. The molecule has 1 aliphatic rings. The normalized spacial score (nSPS) is 18.9. The molecule has 1 aromatic carbocycles. The van der Waals surface area contributed by atoms with Crippen LogP contribution in [0.1, 0.15) is 44.0 Å². The van der Waals surface area contributed by atoms with Crippen molar-refractivity contribution in [2.24, 2.45) is 5.92 Å². The molecule has 0 spiro atoms. The van der Waals surface area contributed by atoms with E-state index in [0.29, 0.717) is 17.4 Å². The molecule has 0 unspecified atom stereocenters. The molecule has 2 aromatic rings. The van der Waals surface area contributed by atoms with Crippen LogP contribution in [0.5, 0.6) is 0 Å². The molecule has 22 heavy (non-hydrogen) atoms. The zero-order valence-corrected chi connectivity index (χ0v) is 14.0. The highest BCUT2D eigenvalue weighted by Crippen LogP contribution is 2.36. The van der Waals surface area contributed by atoms with Gasteiger partial charge in [-0.25, -0.2) is 13.4 Å². The van der Waals surface area contributed by atoms with Crippen LogP contribution in [0.25, 0.3) is 11.0 Å². The van der Waals surface area contributed by atoms with Crippen molar-refractivity contribution in [2.75, 3.05) is 6.26 Å². The molecule has 1 aromatic heterocycles. The Bertz CT molecular complexity index is 822. The van der Waals surface area contributed by atoms with E-state index in [4.69, 9.17) is 4.98 Å². The van der Waals surface area contributed by atoms with E-state index in [2.05, 4.69) is 18.4 Å². The summed E-state index contributed by atoms with van der Waals surface area (Å²) in [4.78, 5) is 4.95. The zero-order valence-electron chi connectivity index (χ0n) is 13.2. The van der Waals surface area contributed by atoms with Gasteiger partial charge < -0.3 is 9.67 Å². The number of aliphatic hydroxyl groups excluding tert-OH is 1. The average molecular weight is 322 g/mol. The van der Waals surface area contributed by atoms with E-state index in [1.165, 1.54) is 6.26 Å². The summed E-state index contributed by atoms with van der Waals surface area (Å²) in [6.45, 7) is 4.96. The number of benzene rings is 1. The molecule has 0 fully saturated rings. The lowest BCUT2D eigenvalue weighted by atomic mass is 9.88. The Morgan fingerprint density at radius 2 is 2.14 bits per heavy atom. The molecule has 120 valence electrons. The standard InChI is InChI=1S/C16H22N2O3S/c1-10(2)12-5-4-6-18-14-8-15(22(3,20)21)11(9-19)7-13(14)17-16(12)18/h7-8,10,12,19H,4-6,9H2,1-3H3/t12-/m1/s1. The first kappa shape index (κ1) is 15.5. The molecule has 0 bridgehead atoms. The second kappa shape index (κ2) is 5.35. The molecular formula is C16H22N2O3S. The van der Waals surface area contributed by atoms with Gasteiger partial charge in [0.1, 0.15) is 5.82 Å². The molecular weight excluding hydrogens is 300 g/mol. The largest absolute Gasteiger partial charge is 0.392 e. The topological polar surface area (TPSA) is 72.2 Å². The van der Waals surface area contributed by atoms with Crippen LogP contribution in [-0.2, 0) is 23.0 Å². The number of fused-ring (bicyclic) bond motifs is 3. The van der Waals surface area contributed by atoms with E-state index in [9.17, 15) is 13.5 Å². The average Bonchev–Trinajstić information content (AvgIpc) is 2.82. The van der Waals surface area contributed by atoms with Crippen molar-refractivity contribution in [1.29, 1.82) is 0 Å². The van der Waals surface area contributed by atoms with E-state index < -0.39 is 9.84 Å². The maximum Gasteiger partial charge on any atom is 0.175 e. The Kier molecular flexibility index (Phi) is 3.77. The number of rotatable bonds is 3. The number of hydrogen-bond acceptors (Lipinski definition) is 4. The van der Waals surface area contributed by atoms with Crippen LogP contribution in [0.4, 0.5) is 0 Å². The van der Waals surface area contributed by atoms with Gasteiger partial charge in [-0.2, -0.15) is 0 Å². The minimum atomic E-state index is -3.37. The minimum absolute atomic E-state index is 0.205. The maximum absolute atomic E-state index is 12.0. The van der Waals surface area contributed by atoms with Crippen LogP contribution >= 0.6 is 0 Å². The Morgan fingerprint density at radius 3 is 2.73 bits per heavy atom. The van der Waals surface area contributed by atoms with E-state index in [1.807, 2.05) is 0 Å². The highest BCUT2D eigenvalue weighted by atomic mass is 32.2. The number of imidazole rings is 1. The summed E-state index contributed by atoms with van der Waals surface area (Å²) in [5.74, 6) is 1.95. The van der Waals surface area contributed by atoms with Crippen molar-refractivity contribution in [3.8, 4) is 0 Å². The van der Waals surface area contributed by atoms with Gasteiger partial charge in [-0.15, -0.1) is 0 Å². The molecule has 0 aliphatic carbocycles. The van der Waals surface area contributed by atoms with Gasteiger partial charge in [-0.1, -0.05) is 13.8 Å². The minimum Gasteiger partial charge on any atom is -0.392 e. The van der Waals surface area contributed by atoms with E-state index in [0.717, 1.165) is 36.2 Å². The summed E-state index contributed by atoms with van der Waals surface area (Å²) in [6, 6.07) is 3.39. The first-order chi connectivity index (χ1) is 10.3. The van der Waals surface area contributed by atoms with Gasteiger partial charge in [0, 0.05) is 18.7 Å². The third-order valence-corrected chi connectivity index (χ3v) is 5.74. The van der Waals surface area contributed by atoms with Gasteiger partial charge in [0.2, 0.25) is 0 Å². The van der Waals surface area contributed by atoms with E-state index in [-0.39, 0.29) is 11.5 Å². The second-order valence-corrected chi connectivity index (χ2v) is 8.48. The van der Waals surface area contributed by atoms with Gasteiger partial charge in [-0.3, -0.25) is 0 Å². The summed E-state index contributed by atoms with van der Waals surface area (Å²) in [5.41, 5.74) is 2.06. The highest BCUT2D eigenvalue weighted by Gasteiger charge is 2.27. The van der Waals surface area contributed by atoms with Gasteiger partial charge in [0.05, 0.1) is 22.5 Å². The van der Waals surface area contributed by atoms with Gasteiger partial charge in [0.15, 0.2) is 9.84 Å². The number of nitrogens with zero attached hydrogens (tertiary/aromatic N) is 2. The zero-order chi connectivity index (χ0) is 16.1. The third-order valence-electron chi connectivity index (χ3n) is 4.56. The van der Waals surface area contributed by atoms with Crippen LogP contribution in [0, 0.1) is 5.92 Å². The van der Waals surface area contributed by atoms with E-state index >= 15 is 0 Å². The van der Waals surface area contributed by atoms with Crippen LogP contribution < -0.4 is 0 Å². The summed E-state index contributed by atoms with van der Waals surface area (Å²) in [5, 5.41) is 9.49. The fourth-order valence-electron chi connectivity index (χ4n) is 3.43. The van der Waals surface area contributed by atoms with Crippen LogP contribution in [-0.4, -0.2) is 29.3 Å². The summed E-state index contributed by atoms with van der Waals surface area (Å²) in [7, 11) is -3.37. The van der Waals surface area contributed by atoms with Gasteiger partial charge in [-0.05, 0) is 36.5 Å². The molecule has 2 heterocycles. The van der Waals surface area contributed by atoms with Crippen LogP contribution in [0.3, 0.4) is 0 Å². The quantitative estimate of drug-likeness (QED) is 0.942. The lowest BCUT2D eigenvalue weighted by Gasteiger charge is -2.26. The fourth-order valence-corrected chi connectivity index (χ4v) is 4.36. The van der Waals surface area contributed by atoms with Crippen molar-refractivity contribution < 1.29 is 13.5 Å². The van der Waals surface area contributed by atoms with Crippen molar-refractivity contribution in [3.63, 3.8) is 0 Å². The molecule has 6 heteroatoms. The van der Waals surface area contributed by atoms with Crippen molar-refractivity contribution >= 4 is 20.9 Å². The summed E-state index contributed by atoms with van der Waals surface area (Å²) < 4.78 is 26.1. The molecule has 5 nitrogen and oxygen atoms in total. The predicted molar refractivity (Wildman–Crippen MR) is 85.6 cm³/mol. The lowest BCUT2D eigenvalue weighted by molar-refractivity contribution is 0.278. The number of aromatic nitrogens is 2. The summed E-state index contributed by atoms with van der Waals surface area (Å²) >= 11 is 0. The maximum atomic E-state index is 12.0.